The van der Waals surface area contributed by atoms with Gasteiger partial charge in [0, 0.05) is 22.3 Å². The summed E-state index contributed by atoms with van der Waals surface area (Å²) in [4.78, 5) is 4.36. The molecule has 21 heavy (non-hydrogen) atoms. The summed E-state index contributed by atoms with van der Waals surface area (Å²) in [6, 6.07) is 14.3. The van der Waals surface area contributed by atoms with Gasteiger partial charge in [0.05, 0.1) is 11.1 Å². The van der Waals surface area contributed by atoms with Crippen molar-refractivity contribution in [2.24, 2.45) is 0 Å². The standard InChI is InChI=1S/C17H14BrClN2/c1-20-17(11-6-7-15(18)16(19)8-11)14-10-21-9-12-4-2-3-5-13(12)14/h2-10,17,20H,1H3. The Labute approximate surface area is 137 Å². The summed E-state index contributed by atoms with van der Waals surface area (Å²) < 4.78 is 0.902. The number of hydrogen-bond acceptors (Lipinski definition) is 2. The molecular formula is C17H14BrClN2. The molecule has 4 heteroatoms. The summed E-state index contributed by atoms with van der Waals surface area (Å²) >= 11 is 9.66. The van der Waals surface area contributed by atoms with Crippen molar-refractivity contribution in [2.75, 3.05) is 7.05 Å². The lowest BCUT2D eigenvalue weighted by Gasteiger charge is -2.19. The molecule has 0 amide bonds. The van der Waals surface area contributed by atoms with E-state index in [4.69, 9.17) is 11.6 Å². The number of halogens is 2. The van der Waals surface area contributed by atoms with E-state index in [2.05, 4.69) is 44.4 Å². The smallest absolute Gasteiger partial charge is 0.0596 e. The highest BCUT2D eigenvalue weighted by Gasteiger charge is 2.16. The van der Waals surface area contributed by atoms with Crippen LogP contribution in [0.1, 0.15) is 17.2 Å². The van der Waals surface area contributed by atoms with Gasteiger partial charge in [-0.3, -0.25) is 4.98 Å². The third-order valence-corrected chi connectivity index (χ3v) is 4.81. The van der Waals surface area contributed by atoms with Gasteiger partial charge in [-0.2, -0.15) is 0 Å². The molecule has 2 nitrogen and oxygen atoms in total. The van der Waals surface area contributed by atoms with E-state index >= 15 is 0 Å². The molecule has 1 unspecified atom stereocenters. The van der Waals surface area contributed by atoms with Crippen LogP contribution in [0.4, 0.5) is 0 Å². The van der Waals surface area contributed by atoms with Crippen molar-refractivity contribution in [1.82, 2.24) is 10.3 Å². The van der Waals surface area contributed by atoms with Gasteiger partial charge in [-0.25, -0.2) is 0 Å². The number of nitrogens with zero attached hydrogens (tertiary/aromatic N) is 1. The first-order chi connectivity index (χ1) is 10.2. The number of aromatic nitrogens is 1. The number of pyridine rings is 1. The highest BCUT2D eigenvalue weighted by Crippen LogP contribution is 2.31. The van der Waals surface area contributed by atoms with Gasteiger partial charge < -0.3 is 5.32 Å². The fraction of sp³-hybridized carbons (Fsp3) is 0.118. The lowest BCUT2D eigenvalue weighted by Crippen LogP contribution is -2.18. The van der Waals surface area contributed by atoms with Crippen LogP contribution in [0, 0.1) is 0 Å². The summed E-state index contributed by atoms with van der Waals surface area (Å²) in [6.45, 7) is 0. The Balaban J connectivity index is 2.16. The van der Waals surface area contributed by atoms with Crippen LogP contribution in [0.5, 0.6) is 0 Å². The van der Waals surface area contributed by atoms with Gasteiger partial charge in [0.2, 0.25) is 0 Å². The van der Waals surface area contributed by atoms with Crippen LogP contribution in [-0.4, -0.2) is 12.0 Å². The van der Waals surface area contributed by atoms with Crippen LogP contribution in [-0.2, 0) is 0 Å². The fourth-order valence-corrected chi connectivity index (χ4v) is 3.00. The Morgan fingerprint density at radius 3 is 2.71 bits per heavy atom. The van der Waals surface area contributed by atoms with E-state index in [9.17, 15) is 0 Å². The van der Waals surface area contributed by atoms with Crippen LogP contribution < -0.4 is 5.32 Å². The molecule has 106 valence electrons. The number of rotatable bonds is 3. The minimum atomic E-state index is 0.0502. The number of benzene rings is 2. The van der Waals surface area contributed by atoms with E-state index in [1.54, 1.807) is 0 Å². The highest BCUT2D eigenvalue weighted by molar-refractivity contribution is 9.10. The lowest BCUT2D eigenvalue weighted by molar-refractivity contribution is 0.694. The molecule has 0 aliphatic carbocycles. The second-order valence-electron chi connectivity index (χ2n) is 4.85. The fourth-order valence-electron chi connectivity index (χ4n) is 2.56. The Hall–Kier alpha value is -1.42. The van der Waals surface area contributed by atoms with Crippen molar-refractivity contribution in [3.8, 4) is 0 Å². The minimum Gasteiger partial charge on any atom is -0.309 e. The molecule has 0 aliphatic rings. The first kappa shape index (κ1) is 14.5. The third-order valence-electron chi connectivity index (χ3n) is 3.58. The van der Waals surface area contributed by atoms with Crippen molar-refractivity contribution in [1.29, 1.82) is 0 Å². The van der Waals surface area contributed by atoms with E-state index in [-0.39, 0.29) is 6.04 Å². The molecule has 3 rings (SSSR count). The second-order valence-corrected chi connectivity index (χ2v) is 6.11. The molecular weight excluding hydrogens is 348 g/mol. The number of fused-ring (bicyclic) bond motifs is 1. The zero-order valence-corrected chi connectivity index (χ0v) is 13.8. The molecule has 0 fully saturated rings. The maximum Gasteiger partial charge on any atom is 0.0596 e. The predicted molar refractivity (Wildman–Crippen MR) is 91.8 cm³/mol. The Kier molecular flexibility index (Phi) is 4.24. The predicted octanol–water partition coefficient (Wildman–Crippen LogP) is 4.96. The zero-order chi connectivity index (χ0) is 14.8. The Morgan fingerprint density at radius 1 is 1.14 bits per heavy atom. The summed E-state index contributed by atoms with van der Waals surface area (Å²) in [7, 11) is 1.95. The molecule has 1 aromatic heterocycles. The van der Waals surface area contributed by atoms with E-state index in [1.807, 2.05) is 43.7 Å². The average molecular weight is 362 g/mol. The van der Waals surface area contributed by atoms with Crippen LogP contribution in [0.3, 0.4) is 0 Å². The molecule has 0 radical (unpaired) electrons. The quantitative estimate of drug-likeness (QED) is 0.713. The van der Waals surface area contributed by atoms with Crippen LogP contribution >= 0.6 is 27.5 Å². The van der Waals surface area contributed by atoms with Gasteiger partial charge in [-0.1, -0.05) is 41.9 Å². The average Bonchev–Trinajstić information content (AvgIpc) is 2.52. The van der Waals surface area contributed by atoms with E-state index in [1.165, 1.54) is 5.39 Å². The van der Waals surface area contributed by atoms with Gasteiger partial charge in [-0.05, 0) is 51.6 Å². The zero-order valence-electron chi connectivity index (χ0n) is 11.5. The van der Waals surface area contributed by atoms with E-state index in [0.717, 1.165) is 21.0 Å². The van der Waals surface area contributed by atoms with Crippen molar-refractivity contribution >= 4 is 38.3 Å². The van der Waals surface area contributed by atoms with Gasteiger partial charge in [0.25, 0.3) is 0 Å². The molecule has 1 heterocycles. The van der Waals surface area contributed by atoms with Crippen molar-refractivity contribution in [2.45, 2.75) is 6.04 Å². The van der Waals surface area contributed by atoms with E-state index < -0.39 is 0 Å². The molecule has 3 aromatic rings. The highest BCUT2D eigenvalue weighted by atomic mass is 79.9. The molecule has 0 bridgehead atoms. The molecule has 0 aliphatic heterocycles. The maximum absolute atomic E-state index is 6.23. The van der Waals surface area contributed by atoms with Crippen LogP contribution in [0.25, 0.3) is 10.8 Å². The third kappa shape index (κ3) is 2.82. The molecule has 0 saturated carbocycles. The normalized spacial score (nSPS) is 12.5. The number of nitrogens with one attached hydrogen (secondary N) is 1. The van der Waals surface area contributed by atoms with Crippen molar-refractivity contribution in [3.63, 3.8) is 0 Å². The first-order valence-electron chi connectivity index (χ1n) is 6.65. The van der Waals surface area contributed by atoms with Gasteiger partial charge in [0.15, 0.2) is 0 Å². The van der Waals surface area contributed by atoms with Crippen molar-refractivity contribution < 1.29 is 0 Å². The first-order valence-corrected chi connectivity index (χ1v) is 7.82. The maximum atomic E-state index is 6.23. The van der Waals surface area contributed by atoms with Gasteiger partial charge in [0.1, 0.15) is 0 Å². The topological polar surface area (TPSA) is 24.9 Å². The van der Waals surface area contributed by atoms with Gasteiger partial charge in [-0.15, -0.1) is 0 Å². The summed E-state index contributed by atoms with van der Waals surface area (Å²) in [5.74, 6) is 0. The molecule has 1 N–H and O–H groups in total. The van der Waals surface area contributed by atoms with Crippen molar-refractivity contribution in [3.05, 3.63) is 75.5 Å². The monoisotopic (exact) mass is 360 g/mol. The summed E-state index contributed by atoms with van der Waals surface area (Å²) in [6.07, 6.45) is 3.81. The number of hydrogen-bond donors (Lipinski definition) is 1. The second kappa shape index (κ2) is 6.14. The summed E-state index contributed by atoms with van der Waals surface area (Å²) in [5.41, 5.74) is 2.26. The largest absolute Gasteiger partial charge is 0.309 e. The van der Waals surface area contributed by atoms with E-state index in [0.29, 0.717) is 5.02 Å². The Bertz CT molecular complexity index is 783. The molecule has 0 saturated heterocycles. The van der Waals surface area contributed by atoms with Gasteiger partial charge >= 0.3 is 0 Å². The SMILES string of the molecule is CNC(c1ccc(Br)c(Cl)c1)c1cncc2ccccc12. The lowest BCUT2D eigenvalue weighted by atomic mass is 9.96. The van der Waals surface area contributed by atoms with Crippen LogP contribution in [0.15, 0.2) is 59.3 Å². The summed E-state index contributed by atoms with van der Waals surface area (Å²) in [5, 5.41) is 6.41. The Morgan fingerprint density at radius 2 is 1.95 bits per heavy atom. The molecule has 0 spiro atoms. The minimum absolute atomic E-state index is 0.0502. The molecule has 2 aromatic carbocycles. The molecule has 1 atom stereocenters. The van der Waals surface area contributed by atoms with Crippen LogP contribution in [0.2, 0.25) is 5.02 Å².